The van der Waals surface area contributed by atoms with Gasteiger partial charge in [0.05, 0.1) is 5.56 Å². The fraction of sp³-hybridized carbons (Fsp3) is 0.455. The number of ether oxygens (including phenoxy) is 1. The molecule has 0 bridgehead atoms. The van der Waals surface area contributed by atoms with Gasteiger partial charge in [-0.3, -0.25) is 4.79 Å². The lowest BCUT2D eigenvalue weighted by molar-refractivity contribution is -0.120. The highest BCUT2D eigenvalue weighted by Gasteiger charge is 2.23. The number of carbonyl (C=O) groups excluding carboxylic acids is 2. The molecule has 1 atom stereocenters. The van der Waals surface area contributed by atoms with E-state index in [-0.39, 0.29) is 0 Å². The van der Waals surface area contributed by atoms with Crippen LogP contribution < -0.4 is 16.0 Å². The predicted octanol–water partition coefficient (Wildman–Crippen LogP) is 3.22. The molecular weight excluding hydrogens is 414 g/mol. The van der Waals surface area contributed by atoms with Gasteiger partial charge in [0.2, 0.25) is 5.91 Å². The number of nitrogens with one attached hydrogen (secondary N) is 1. The Morgan fingerprint density at radius 2 is 2.03 bits per heavy atom. The van der Waals surface area contributed by atoms with Crippen LogP contribution in [0.15, 0.2) is 35.8 Å². The molecule has 166 valence electrons. The van der Waals surface area contributed by atoms with Crippen molar-refractivity contribution in [3.05, 3.63) is 46.3 Å². The van der Waals surface area contributed by atoms with Crippen molar-refractivity contribution in [1.82, 2.24) is 10.3 Å². The van der Waals surface area contributed by atoms with E-state index in [9.17, 15) is 9.59 Å². The maximum Gasteiger partial charge on any atom is 0.408 e. The van der Waals surface area contributed by atoms with Crippen LogP contribution in [-0.4, -0.2) is 41.7 Å². The highest BCUT2D eigenvalue weighted by atomic mass is 32.1. The van der Waals surface area contributed by atoms with E-state index in [0.29, 0.717) is 12.0 Å². The fourth-order valence-electron chi connectivity index (χ4n) is 2.97. The van der Waals surface area contributed by atoms with Gasteiger partial charge in [0, 0.05) is 30.6 Å². The number of amides is 2. The Hall–Kier alpha value is -3.12. The number of nitriles is 1. The Kier molecular flexibility index (Phi) is 8.82. The van der Waals surface area contributed by atoms with Gasteiger partial charge >= 0.3 is 6.09 Å². The maximum atomic E-state index is 11.6. The minimum atomic E-state index is -0.751. The summed E-state index contributed by atoms with van der Waals surface area (Å²) in [6.45, 7) is 7.33. The molecule has 8 nitrogen and oxygen atoms in total. The lowest BCUT2D eigenvalue weighted by Crippen LogP contribution is -2.47. The average Bonchev–Trinajstić information content (AvgIpc) is 3.40. The zero-order chi connectivity index (χ0) is 22.9. The number of rotatable bonds is 5. The van der Waals surface area contributed by atoms with E-state index in [2.05, 4.69) is 21.3 Å². The smallest absolute Gasteiger partial charge is 0.408 e. The van der Waals surface area contributed by atoms with Crippen LogP contribution in [0.3, 0.4) is 0 Å². The van der Waals surface area contributed by atoms with Gasteiger partial charge in [0.1, 0.15) is 23.5 Å². The van der Waals surface area contributed by atoms with Crippen molar-refractivity contribution in [1.29, 1.82) is 5.26 Å². The zero-order valence-corrected chi connectivity index (χ0v) is 18.9. The van der Waals surface area contributed by atoms with E-state index in [4.69, 9.17) is 15.7 Å². The van der Waals surface area contributed by atoms with Gasteiger partial charge in [-0.25, -0.2) is 9.78 Å². The number of nitrogens with two attached hydrogens (primary N) is 1. The highest BCUT2D eigenvalue weighted by Crippen LogP contribution is 2.20. The Labute approximate surface area is 187 Å². The quantitative estimate of drug-likeness (QED) is 0.732. The molecule has 1 aliphatic heterocycles. The van der Waals surface area contributed by atoms with Gasteiger partial charge < -0.3 is 20.7 Å². The number of alkyl carbamates (subject to hydrolysis) is 1. The van der Waals surface area contributed by atoms with E-state index >= 15 is 0 Å². The molecule has 2 aromatic rings. The molecule has 0 aliphatic carbocycles. The van der Waals surface area contributed by atoms with E-state index in [1.54, 1.807) is 33.0 Å². The standard InChI is InChI=1S/C12H18N2O3S.C10H11N3/c1-12(2,3)17-11(16)14-9(10(13)15)7-8-5-4-6-18-8;11-8-9-4-3-5-12-10(9)13-6-1-2-7-13/h4-6,9H,7H2,1-3H3,(H2,13,15)(H,14,16);3-5H,1-2,6-7H2/t9-;/m0./s1. The molecule has 3 heterocycles. The topological polar surface area (TPSA) is 121 Å². The first kappa shape index (κ1) is 24.2. The number of aromatic nitrogens is 1. The first-order chi connectivity index (χ1) is 14.7. The van der Waals surface area contributed by atoms with Crippen LogP contribution in [-0.2, 0) is 16.0 Å². The monoisotopic (exact) mass is 443 g/mol. The lowest BCUT2D eigenvalue weighted by Gasteiger charge is -2.22. The minimum absolute atomic E-state index is 0.381. The number of thiophene rings is 1. The Morgan fingerprint density at radius 1 is 1.32 bits per heavy atom. The first-order valence-electron chi connectivity index (χ1n) is 10.1. The number of carbonyl (C=O) groups is 2. The zero-order valence-electron chi connectivity index (χ0n) is 18.1. The summed E-state index contributed by atoms with van der Waals surface area (Å²) in [5, 5.41) is 13.2. The van der Waals surface area contributed by atoms with Crippen LogP contribution >= 0.6 is 11.3 Å². The molecule has 1 aliphatic rings. The molecule has 31 heavy (non-hydrogen) atoms. The van der Waals surface area contributed by atoms with Gasteiger partial charge in [0.25, 0.3) is 0 Å². The van der Waals surface area contributed by atoms with Crippen molar-refractivity contribution < 1.29 is 14.3 Å². The van der Waals surface area contributed by atoms with Gasteiger partial charge in [0.15, 0.2) is 0 Å². The number of pyridine rings is 1. The van der Waals surface area contributed by atoms with Crippen molar-refractivity contribution in [2.75, 3.05) is 18.0 Å². The van der Waals surface area contributed by atoms with Crippen molar-refractivity contribution >= 4 is 29.2 Å². The minimum Gasteiger partial charge on any atom is -0.444 e. The molecule has 2 aromatic heterocycles. The van der Waals surface area contributed by atoms with Crippen LogP contribution in [0.5, 0.6) is 0 Å². The fourth-order valence-corrected chi connectivity index (χ4v) is 3.72. The van der Waals surface area contributed by atoms with Crippen LogP contribution in [0.2, 0.25) is 0 Å². The maximum absolute atomic E-state index is 11.6. The molecule has 2 amide bonds. The third-order valence-corrected chi connectivity index (χ3v) is 5.23. The molecule has 3 N–H and O–H groups in total. The van der Waals surface area contributed by atoms with Gasteiger partial charge in [-0.05, 0) is 57.2 Å². The second kappa shape index (κ2) is 11.3. The summed E-state index contributed by atoms with van der Waals surface area (Å²) in [6, 6.07) is 8.81. The van der Waals surface area contributed by atoms with E-state index in [1.807, 2.05) is 23.6 Å². The summed E-state index contributed by atoms with van der Waals surface area (Å²) in [4.78, 5) is 30.2. The Morgan fingerprint density at radius 3 is 2.58 bits per heavy atom. The molecule has 0 spiro atoms. The number of hydrogen-bond acceptors (Lipinski definition) is 7. The summed E-state index contributed by atoms with van der Waals surface area (Å²) in [5.74, 6) is 0.275. The van der Waals surface area contributed by atoms with Gasteiger partial charge in [-0.2, -0.15) is 5.26 Å². The van der Waals surface area contributed by atoms with E-state index in [0.717, 1.165) is 23.8 Å². The third kappa shape index (κ3) is 8.26. The Bertz CT molecular complexity index is 897. The summed E-state index contributed by atoms with van der Waals surface area (Å²) in [7, 11) is 0. The molecule has 1 fully saturated rings. The normalized spacial score (nSPS) is 14.1. The van der Waals surface area contributed by atoms with E-state index in [1.165, 1.54) is 24.2 Å². The summed E-state index contributed by atoms with van der Waals surface area (Å²) in [5.41, 5.74) is 5.34. The molecule has 3 rings (SSSR count). The number of nitrogens with zero attached hydrogens (tertiary/aromatic N) is 3. The second-order valence-electron chi connectivity index (χ2n) is 8.07. The van der Waals surface area contributed by atoms with Crippen LogP contribution in [0.4, 0.5) is 10.6 Å². The predicted molar refractivity (Wildman–Crippen MR) is 121 cm³/mol. The third-order valence-electron chi connectivity index (χ3n) is 4.33. The van der Waals surface area contributed by atoms with Crippen molar-refractivity contribution in [2.24, 2.45) is 5.73 Å². The summed E-state index contributed by atoms with van der Waals surface area (Å²) in [6.07, 6.45) is 3.91. The Balaban J connectivity index is 0.000000231. The molecule has 0 radical (unpaired) electrons. The van der Waals surface area contributed by atoms with Crippen LogP contribution in [0.25, 0.3) is 0 Å². The van der Waals surface area contributed by atoms with Gasteiger partial charge in [-0.15, -0.1) is 11.3 Å². The highest BCUT2D eigenvalue weighted by molar-refractivity contribution is 7.09. The first-order valence-corrected chi connectivity index (χ1v) is 11.0. The van der Waals surface area contributed by atoms with Crippen LogP contribution in [0.1, 0.15) is 44.1 Å². The second-order valence-corrected chi connectivity index (χ2v) is 9.10. The number of anilines is 1. The molecular formula is C22H29N5O3S. The van der Waals surface area contributed by atoms with E-state index < -0.39 is 23.6 Å². The summed E-state index contributed by atoms with van der Waals surface area (Å²) >= 11 is 1.51. The van der Waals surface area contributed by atoms with Gasteiger partial charge in [-0.1, -0.05) is 6.07 Å². The lowest BCUT2D eigenvalue weighted by atomic mass is 10.1. The molecule has 1 saturated heterocycles. The molecule has 9 heteroatoms. The van der Waals surface area contributed by atoms with Crippen molar-refractivity contribution in [2.45, 2.75) is 51.7 Å². The van der Waals surface area contributed by atoms with Crippen LogP contribution in [0, 0.1) is 11.3 Å². The summed E-state index contributed by atoms with van der Waals surface area (Å²) < 4.78 is 5.08. The molecule has 0 saturated carbocycles. The van der Waals surface area contributed by atoms with Crippen molar-refractivity contribution in [3.8, 4) is 6.07 Å². The molecule has 0 aromatic carbocycles. The van der Waals surface area contributed by atoms with Crippen molar-refractivity contribution in [3.63, 3.8) is 0 Å². The average molecular weight is 444 g/mol. The number of hydrogen-bond donors (Lipinski definition) is 2. The SMILES string of the molecule is CC(C)(C)OC(=O)N[C@@H](Cc1cccs1)C(N)=O.N#Cc1cccnc1N1CCCC1. The largest absolute Gasteiger partial charge is 0.444 e. The molecule has 0 unspecified atom stereocenters. The number of primary amides is 1.